The Bertz CT molecular complexity index is 699. The summed E-state index contributed by atoms with van der Waals surface area (Å²) < 4.78 is 5.27. The van der Waals surface area contributed by atoms with Gasteiger partial charge in [-0.25, -0.2) is 4.79 Å². The van der Waals surface area contributed by atoms with E-state index in [1.165, 1.54) is 0 Å². The number of nitrogens with zero attached hydrogens (tertiary/aromatic N) is 1. The van der Waals surface area contributed by atoms with E-state index in [1.54, 1.807) is 50.2 Å². The molecule has 0 bridgehead atoms. The molecule has 1 unspecified atom stereocenters. The number of nitriles is 1. The van der Waals surface area contributed by atoms with E-state index in [0.29, 0.717) is 12.2 Å². The van der Waals surface area contributed by atoms with E-state index < -0.39 is 11.4 Å². The Morgan fingerprint density at radius 1 is 1.14 bits per heavy atom. The van der Waals surface area contributed by atoms with Gasteiger partial charge in [-0.3, -0.25) is 0 Å². The summed E-state index contributed by atoms with van der Waals surface area (Å²) in [5, 5.41) is 18.4. The summed E-state index contributed by atoms with van der Waals surface area (Å²) in [5.41, 5.74) is 0.764. The number of esters is 1. The molecule has 0 aliphatic carbocycles. The SMILES string of the molecule is CCC(C)(C#N)C(=O)Oc1ccc(-c2ccc(O)cc2)cc1. The molecular formula is C18H17NO3. The molecule has 0 aliphatic rings. The Kier molecular flexibility index (Phi) is 4.47. The van der Waals surface area contributed by atoms with E-state index >= 15 is 0 Å². The molecule has 4 heteroatoms. The molecule has 0 fully saturated rings. The Hall–Kier alpha value is -2.80. The number of aromatic hydroxyl groups is 1. The van der Waals surface area contributed by atoms with Crippen LogP contribution in [-0.2, 0) is 4.79 Å². The Balaban J connectivity index is 2.14. The van der Waals surface area contributed by atoms with Crippen molar-refractivity contribution in [1.29, 1.82) is 5.26 Å². The first-order valence-corrected chi connectivity index (χ1v) is 7.01. The minimum Gasteiger partial charge on any atom is -0.508 e. The second kappa shape index (κ2) is 6.31. The standard InChI is InChI=1S/C18H17NO3/c1-3-18(2,12-19)17(21)22-16-10-6-14(7-11-16)13-4-8-15(20)9-5-13/h4-11,20H,3H2,1-2H3. The fourth-order valence-electron chi connectivity index (χ4n) is 1.86. The first kappa shape index (κ1) is 15.6. The lowest BCUT2D eigenvalue weighted by molar-refractivity contribution is -0.141. The van der Waals surface area contributed by atoms with Crippen molar-refractivity contribution in [1.82, 2.24) is 0 Å². The molecule has 0 amide bonds. The molecule has 112 valence electrons. The molecule has 0 heterocycles. The number of rotatable bonds is 4. The maximum Gasteiger partial charge on any atom is 0.331 e. The lowest BCUT2D eigenvalue weighted by atomic mass is 9.90. The molecule has 0 aliphatic heterocycles. The highest BCUT2D eigenvalue weighted by Gasteiger charge is 2.33. The second-order valence-corrected chi connectivity index (χ2v) is 5.26. The van der Waals surface area contributed by atoms with Crippen LogP contribution in [0, 0.1) is 16.7 Å². The van der Waals surface area contributed by atoms with Gasteiger partial charge >= 0.3 is 5.97 Å². The fourth-order valence-corrected chi connectivity index (χ4v) is 1.86. The van der Waals surface area contributed by atoms with Gasteiger partial charge in [0, 0.05) is 0 Å². The van der Waals surface area contributed by atoms with Crippen molar-refractivity contribution in [3.8, 4) is 28.7 Å². The molecule has 2 rings (SSSR count). The van der Waals surface area contributed by atoms with E-state index in [2.05, 4.69) is 0 Å². The first-order valence-electron chi connectivity index (χ1n) is 7.01. The number of carbonyl (C=O) groups is 1. The summed E-state index contributed by atoms with van der Waals surface area (Å²) in [6, 6.07) is 15.9. The van der Waals surface area contributed by atoms with Crippen LogP contribution in [0.5, 0.6) is 11.5 Å². The molecule has 1 N–H and O–H groups in total. The van der Waals surface area contributed by atoms with Gasteiger partial charge in [0.25, 0.3) is 0 Å². The third-order valence-corrected chi connectivity index (χ3v) is 3.67. The highest BCUT2D eigenvalue weighted by Crippen LogP contribution is 2.27. The molecule has 4 nitrogen and oxygen atoms in total. The van der Waals surface area contributed by atoms with Crippen molar-refractivity contribution in [2.45, 2.75) is 20.3 Å². The fraction of sp³-hybridized carbons (Fsp3) is 0.222. The van der Waals surface area contributed by atoms with Gasteiger partial charge in [0.1, 0.15) is 11.5 Å². The van der Waals surface area contributed by atoms with Gasteiger partial charge in [-0.05, 0) is 48.7 Å². The maximum absolute atomic E-state index is 12.0. The smallest absolute Gasteiger partial charge is 0.331 e. The average molecular weight is 295 g/mol. The van der Waals surface area contributed by atoms with Gasteiger partial charge < -0.3 is 9.84 Å². The highest BCUT2D eigenvalue weighted by molar-refractivity contribution is 5.81. The normalized spacial score (nSPS) is 13.0. The van der Waals surface area contributed by atoms with E-state index in [9.17, 15) is 9.90 Å². The molecule has 0 radical (unpaired) electrons. The molecule has 2 aromatic rings. The third kappa shape index (κ3) is 3.26. The number of ether oxygens (including phenoxy) is 1. The van der Waals surface area contributed by atoms with Crippen LogP contribution in [0.3, 0.4) is 0 Å². The Morgan fingerprint density at radius 3 is 2.09 bits per heavy atom. The summed E-state index contributed by atoms with van der Waals surface area (Å²) in [7, 11) is 0. The predicted octanol–water partition coefficient (Wildman–Crippen LogP) is 3.90. The zero-order valence-electron chi connectivity index (χ0n) is 12.5. The second-order valence-electron chi connectivity index (χ2n) is 5.26. The van der Waals surface area contributed by atoms with E-state index in [-0.39, 0.29) is 5.75 Å². The van der Waals surface area contributed by atoms with Crippen molar-refractivity contribution in [2.75, 3.05) is 0 Å². The summed E-state index contributed by atoms with van der Waals surface area (Å²) in [5.74, 6) is 0.0713. The first-order chi connectivity index (χ1) is 10.5. The molecule has 1 atom stereocenters. The Labute approximate surface area is 129 Å². The summed E-state index contributed by atoms with van der Waals surface area (Å²) in [6.07, 6.45) is 0.397. The molecule has 0 spiro atoms. The summed E-state index contributed by atoms with van der Waals surface area (Å²) in [4.78, 5) is 12.0. The van der Waals surface area contributed by atoms with Crippen LogP contribution in [0.4, 0.5) is 0 Å². The molecule has 0 saturated carbocycles. The van der Waals surface area contributed by atoms with Crippen LogP contribution in [0.25, 0.3) is 11.1 Å². The van der Waals surface area contributed by atoms with Crippen LogP contribution in [0.1, 0.15) is 20.3 Å². The van der Waals surface area contributed by atoms with Crippen molar-refractivity contribution < 1.29 is 14.6 Å². The van der Waals surface area contributed by atoms with Crippen LogP contribution >= 0.6 is 0 Å². The van der Waals surface area contributed by atoms with E-state index in [1.807, 2.05) is 18.2 Å². The molecule has 2 aromatic carbocycles. The minimum atomic E-state index is -1.13. The van der Waals surface area contributed by atoms with Crippen LogP contribution in [0.15, 0.2) is 48.5 Å². The largest absolute Gasteiger partial charge is 0.508 e. The maximum atomic E-state index is 12.0. The van der Waals surface area contributed by atoms with Gasteiger partial charge in [0.15, 0.2) is 5.41 Å². The lowest BCUT2D eigenvalue weighted by Crippen LogP contribution is -2.29. The third-order valence-electron chi connectivity index (χ3n) is 3.67. The number of benzene rings is 2. The molecular weight excluding hydrogens is 278 g/mol. The van der Waals surface area contributed by atoms with E-state index in [4.69, 9.17) is 10.00 Å². The lowest BCUT2D eigenvalue weighted by Gasteiger charge is -2.17. The van der Waals surface area contributed by atoms with Crippen LogP contribution in [-0.4, -0.2) is 11.1 Å². The van der Waals surface area contributed by atoms with Gasteiger partial charge in [-0.2, -0.15) is 5.26 Å². The number of hydrogen-bond acceptors (Lipinski definition) is 4. The van der Waals surface area contributed by atoms with Crippen molar-refractivity contribution in [3.05, 3.63) is 48.5 Å². The quantitative estimate of drug-likeness (QED) is 0.686. The van der Waals surface area contributed by atoms with Gasteiger partial charge in [0.2, 0.25) is 0 Å². The van der Waals surface area contributed by atoms with Gasteiger partial charge in [-0.15, -0.1) is 0 Å². The van der Waals surface area contributed by atoms with Gasteiger partial charge in [-0.1, -0.05) is 31.2 Å². The summed E-state index contributed by atoms with van der Waals surface area (Å²) >= 11 is 0. The Morgan fingerprint density at radius 2 is 1.64 bits per heavy atom. The number of hydrogen-bond donors (Lipinski definition) is 1. The predicted molar refractivity (Wildman–Crippen MR) is 83.2 cm³/mol. The molecule has 0 aromatic heterocycles. The number of phenolic OH excluding ortho intramolecular Hbond substituents is 1. The van der Waals surface area contributed by atoms with Crippen LogP contribution in [0.2, 0.25) is 0 Å². The van der Waals surface area contributed by atoms with Gasteiger partial charge in [0.05, 0.1) is 6.07 Å². The van der Waals surface area contributed by atoms with Crippen molar-refractivity contribution in [3.63, 3.8) is 0 Å². The van der Waals surface area contributed by atoms with E-state index in [0.717, 1.165) is 11.1 Å². The molecule has 22 heavy (non-hydrogen) atoms. The van der Waals surface area contributed by atoms with Crippen molar-refractivity contribution in [2.24, 2.45) is 5.41 Å². The zero-order chi connectivity index (χ0) is 16.2. The summed E-state index contributed by atoms with van der Waals surface area (Å²) in [6.45, 7) is 3.35. The average Bonchev–Trinajstić information content (AvgIpc) is 2.55. The van der Waals surface area contributed by atoms with Crippen molar-refractivity contribution >= 4 is 5.97 Å². The number of phenols is 1. The topological polar surface area (TPSA) is 70.3 Å². The monoisotopic (exact) mass is 295 g/mol. The zero-order valence-corrected chi connectivity index (χ0v) is 12.5. The minimum absolute atomic E-state index is 0.213. The number of carbonyl (C=O) groups excluding carboxylic acids is 1. The van der Waals surface area contributed by atoms with Crippen LogP contribution < -0.4 is 4.74 Å². The highest BCUT2D eigenvalue weighted by atomic mass is 16.5. The molecule has 0 saturated heterocycles.